The van der Waals surface area contributed by atoms with Gasteiger partial charge >= 0.3 is 5.97 Å². The van der Waals surface area contributed by atoms with Crippen LogP contribution in [-0.4, -0.2) is 19.4 Å². The van der Waals surface area contributed by atoms with E-state index in [1.165, 1.54) is 14.0 Å². The van der Waals surface area contributed by atoms with Gasteiger partial charge in [0.2, 0.25) is 0 Å². The standard InChI is InChI=1S/C6H8O3/c1-5(3-4-7)6(8)9-2/h3-4H,1-2H3/b5-3+. The van der Waals surface area contributed by atoms with Gasteiger partial charge in [0.25, 0.3) is 0 Å². The molecule has 50 valence electrons. The van der Waals surface area contributed by atoms with E-state index in [1.807, 2.05) is 0 Å². The van der Waals surface area contributed by atoms with Gasteiger partial charge in [-0.05, 0) is 13.0 Å². The quantitative estimate of drug-likeness (QED) is 0.305. The van der Waals surface area contributed by atoms with Crippen LogP contribution in [0.4, 0.5) is 0 Å². The lowest BCUT2D eigenvalue weighted by Crippen LogP contribution is -2.01. The number of carbonyl (C=O) groups excluding carboxylic acids is 2. The highest BCUT2D eigenvalue weighted by Crippen LogP contribution is 1.91. The largest absolute Gasteiger partial charge is 0.466 e. The van der Waals surface area contributed by atoms with Crippen molar-refractivity contribution in [2.24, 2.45) is 0 Å². The first kappa shape index (κ1) is 7.88. The highest BCUT2D eigenvalue weighted by Gasteiger charge is 1.99. The van der Waals surface area contributed by atoms with Gasteiger partial charge < -0.3 is 4.74 Å². The summed E-state index contributed by atoms with van der Waals surface area (Å²) < 4.78 is 4.30. The van der Waals surface area contributed by atoms with Crippen LogP contribution in [0.3, 0.4) is 0 Å². The number of aldehydes is 1. The van der Waals surface area contributed by atoms with Gasteiger partial charge in [0.15, 0.2) is 0 Å². The molecule has 0 aromatic heterocycles. The average Bonchev–Trinajstić information content (AvgIpc) is 1.87. The third-order valence-electron chi connectivity index (χ3n) is 0.825. The summed E-state index contributed by atoms with van der Waals surface area (Å²) in [6.45, 7) is 1.51. The van der Waals surface area contributed by atoms with Crippen LogP contribution in [0, 0.1) is 0 Å². The van der Waals surface area contributed by atoms with Crippen LogP contribution < -0.4 is 0 Å². The second-order valence-electron chi connectivity index (χ2n) is 1.48. The topological polar surface area (TPSA) is 43.4 Å². The fraction of sp³-hybridized carbons (Fsp3) is 0.333. The first-order chi connectivity index (χ1) is 4.22. The minimum absolute atomic E-state index is 0.313. The first-order valence-electron chi connectivity index (χ1n) is 2.42. The Morgan fingerprint density at radius 3 is 2.44 bits per heavy atom. The molecule has 0 unspecified atom stereocenters. The molecule has 0 atom stereocenters. The van der Waals surface area contributed by atoms with Gasteiger partial charge in [-0.3, -0.25) is 4.79 Å². The lowest BCUT2D eigenvalue weighted by atomic mass is 10.3. The maximum atomic E-state index is 10.5. The van der Waals surface area contributed by atoms with E-state index in [-0.39, 0.29) is 0 Å². The van der Waals surface area contributed by atoms with Gasteiger partial charge in [0.05, 0.1) is 7.11 Å². The molecule has 0 spiro atoms. The van der Waals surface area contributed by atoms with Crippen molar-refractivity contribution < 1.29 is 14.3 Å². The number of methoxy groups -OCH3 is 1. The summed E-state index contributed by atoms with van der Waals surface area (Å²) in [5, 5.41) is 0. The summed E-state index contributed by atoms with van der Waals surface area (Å²) in [5.74, 6) is -0.470. The van der Waals surface area contributed by atoms with Crippen molar-refractivity contribution in [1.82, 2.24) is 0 Å². The van der Waals surface area contributed by atoms with Crippen LogP contribution in [0.1, 0.15) is 6.92 Å². The van der Waals surface area contributed by atoms with E-state index in [2.05, 4.69) is 4.74 Å². The predicted octanol–water partition coefficient (Wildman–Crippen LogP) is 0.305. The molecule has 9 heavy (non-hydrogen) atoms. The van der Waals surface area contributed by atoms with Gasteiger partial charge in [0, 0.05) is 5.57 Å². The summed E-state index contributed by atoms with van der Waals surface area (Å²) in [6, 6.07) is 0. The van der Waals surface area contributed by atoms with Crippen molar-refractivity contribution in [2.75, 3.05) is 7.11 Å². The molecule has 0 saturated heterocycles. The van der Waals surface area contributed by atoms with E-state index in [1.54, 1.807) is 0 Å². The lowest BCUT2D eigenvalue weighted by molar-refractivity contribution is -0.136. The van der Waals surface area contributed by atoms with E-state index in [0.29, 0.717) is 11.9 Å². The summed E-state index contributed by atoms with van der Waals surface area (Å²) in [6.07, 6.45) is 1.71. The molecule has 0 radical (unpaired) electrons. The molecule has 0 aliphatic heterocycles. The third kappa shape index (κ3) is 2.64. The Bertz CT molecular complexity index is 146. The zero-order chi connectivity index (χ0) is 7.28. The molecule has 0 bridgehead atoms. The fourth-order valence-electron chi connectivity index (χ4n) is 0.331. The van der Waals surface area contributed by atoms with E-state index in [9.17, 15) is 9.59 Å². The Hall–Kier alpha value is -1.12. The number of hydrogen-bond donors (Lipinski definition) is 0. The highest BCUT2D eigenvalue weighted by molar-refractivity contribution is 5.91. The maximum Gasteiger partial charge on any atom is 0.333 e. The monoisotopic (exact) mass is 128 g/mol. The first-order valence-corrected chi connectivity index (χ1v) is 2.42. The minimum atomic E-state index is -0.470. The Balaban J connectivity index is 4.01. The molecule has 3 nitrogen and oxygen atoms in total. The van der Waals surface area contributed by atoms with Gasteiger partial charge in [0.1, 0.15) is 6.29 Å². The van der Waals surface area contributed by atoms with Crippen molar-refractivity contribution in [3.05, 3.63) is 11.6 Å². The van der Waals surface area contributed by atoms with E-state index in [0.717, 1.165) is 6.08 Å². The smallest absolute Gasteiger partial charge is 0.333 e. The Kier molecular flexibility index (Phi) is 3.35. The number of esters is 1. The molecule has 0 aromatic rings. The number of ether oxygens (including phenoxy) is 1. The summed E-state index contributed by atoms with van der Waals surface area (Å²) >= 11 is 0. The maximum absolute atomic E-state index is 10.5. The molecule has 0 aliphatic carbocycles. The van der Waals surface area contributed by atoms with Crippen molar-refractivity contribution in [3.8, 4) is 0 Å². The van der Waals surface area contributed by atoms with Crippen LogP contribution in [-0.2, 0) is 14.3 Å². The summed E-state index contributed by atoms with van der Waals surface area (Å²) in [5.41, 5.74) is 0.313. The highest BCUT2D eigenvalue weighted by atomic mass is 16.5. The molecule has 0 heterocycles. The molecule has 0 aliphatic rings. The number of rotatable bonds is 2. The Labute approximate surface area is 53.3 Å². The molecule has 3 heteroatoms. The molecular weight excluding hydrogens is 120 g/mol. The van der Waals surface area contributed by atoms with Gasteiger partial charge in [-0.15, -0.1) is 0 Å². The normalized spacial score (nSPS) is 10.7. The SMILES string of the molecule is COC(=O)/C(C)=C/C=O. The zero-order valence-electron chi connectivity index (χ0n) is 5.38. The minimum Gasteiger partial charge on any atom is -0.466 e. The zero-order valence-corrected chi connectivity index (χ0v) is 5.38. The van der Waals surface area contributed by atoms with Crippen LogP contribution in [0.15, 0.2) is 11.6 Å². The van der Waals surface area contributed by atoms with Crippen molar-refractivity contribution in [1.29, 1.82) is 0 Å². The molecule has 0 fully saturated rings. The lowest BCUT2D eigenvalue weighted by Gasteiger charge is -1.93. The van der Waals surface area contributed by atoms with Crippen LogP contribution in [0.5, 0.6) is 0 Å². The number of carbonyl (C=O) groups is 2. The van der Waals surface area contributed by atoms with E-state index < -0.39 is 5.97 Å². The molecule has 0 aromatic carbocycles. The molecule has 0 amide bonds. The number of hydrogen-bond acceptors (Lipinski definition) is 3. The van der Waals surface area contributed by atoms with Crippen molar-refractivity contribution in [2.45, 2.75) is 6.92 Å². The van der Waals surface area contributed by atoms with Crippen molar-refractivity contribution >= 4 is 12.3 Å². The predicted molar refractivity (Wildman–Crippen MR) is 31.8 cm³/mol. The van der Waals surface area contributed by atoms with Gasteiger partial charge in [-0.25, -0.2) is 4.79 Å². The molecular formula is C6H8O3. The second-order valence-corrected chi connectivity index (χ2v) is 1.48. The van der Waals surface area contributed by atoms with Crippen LogP contribution >= 0.6 is 0 Å². The summed E-state index contributed by atoms with van der Waals surface area (Å²) in [4.78, 5) is 20.2. The fourth-order valence-corrected chi connectivity index (χ4v) is 0.331. The summed E-state index contributed by atoms with van der Waals surface area (Å²) in [7, 11) is 1.27. The van der Waals surface area contributed by atoms with Crippen LogP contribution in [0.2, 0.25) is 0 Å². The Morgan fingerprint density at radius 2 is 2.11 bits per heavy atom. The Morgan fingerprint density at radius 1 is 1.56 bits per heavy atom. The van der Waals surface area contributed by atoms with Crippen molar-refractivity contribution in [3.63, 3.8) is 0 Å². The van der Waals surface area contributed by atoms with Gasteiger partial charge in [-0.2, -0.15) is 0 Å². The van der Waals surface area contributed by atoms with Crippen LogP contribution in [0.25, 0.3) is 0 Å². The molecule has 0 rings (SSSR count). The average molecular weight is 128 g/mol. The second kappa shape index (κ2) is 3.83. The number of allylic oxidation sites excluding steroid dienone is 1. The van der Waals surface area contributed by atoms with E-state index in [4.69, 9.17) is 0 Å². The van der Waals surface area contributed by atoms with Gasteiger partial charge in [-0.1, -0.05) is 0 Å². The third-order valence-corrected chi connectivity index (χ3v) is 0.825. The molecule has 0 N–H and O–H groups in total. The molecule has 0 saturated carbocycles. The van der Waals surface area contributed by atoms with E-state index >= 15 is 0 Å².